The highest BCUT2D eigenvalue weighted by molar-refractivity contribution is 7.87. The molecule has 0 aromatic heterocycles. The van der Waals surface area contributed by atoms with E-state index in [2.05, 4.69) is 9.47 Å². The smallest absolute Gasteiger partial charge is 0.357 e. The van der Waals surface area contributed by atoms with Crippen LogP contribution in [0.5, 0.6) is 0 Å². The van der Waals surface area contributed by atoms with Crippen molar-refractivity contribution in [1.82, 2.24) is 0 Å². The van der Waals surface area contributed by atoms with Crippen LogP contribution in [0.15, 0.2) is 24.3 Å². The first-order valence-electron chi connectivity index (χ1n) is 5.76. The summed E-state index contributed by atoms with van der Waals surface area (Å²) >= 11 is 0. The highest BCUT2D eigenvalue weighted by Crippen LogP contribution is 2.16. The Bertz CT molecular complexity index is 593. The van der Waals surface area contributed by atoms with E-state index in [9.17, 15) is 18.0 Å². The topological polar surface area (TPSA) is 119 Å². The average molecular weight is 317 g/mol. The van der Waals surface area contributed by atoms with E-state index < -0.39 is 28.2 Å². The molecular weight excluding hydrogens is 302 g/mol. The first kappa shape index (κ1) is 16.9. The van der Waals surface area contributed by atoms with Crippen LogP contribution in [-0.2, 0) is 35.8 Å². The monoisotopic (exact) mass is 317 g/mol. The molecule has 0 aliphatic heterocycles. The van der Waals surface area contributed by atoms with Gasteiger partial charge in [0.1, 0.15) is 0 Å². The van der Waals surface area contributed by atoms with E-state index in [1.807, 2.05) is 4.72 Å². The van der Waals surface area contributed by atoms with Gasteiger partial charge in [-0.05, 0) is 24.1 Å². The number of ether oxygens (including phenoxy) is 2. The van der Waals surface area contributed by atoms with Crippen LogP contribution >= 0.6 is 0 Å². The lowest BCUT2D eigenvalue weighted by Gasteiger charge is -2.12. The predicted molar refractivity (Wildman–Crippen MR) is 72.8 cm³/mol. The van der Waals surface area contributed by atoms with Crippen molar-refractivity contribution < 1.29 is 32.0 Å². The fourth-order valence-corrected chi connectivity index (χ4v) is 2.07. The van der Waals surface area contributed by atoms with Gasteiger partial charge in [0.2, 0.25) is 0 Å². The van der Waals surface area contributed by atoms with Crippen LogP contribution in [0.2, 0.25) is 0 Å². The number of nitrogens with one attached hydrogen (secondary N) is 1. The van der Waals surface area contributed by atoms with Gasteiger partial charge in [-0.2, -0.15) is 8.42 Å². The Kier molecular flexibility index (Phi) is 5.68. The van der Waals surface area contributed by atoms with Crippen molar-refractivity contribution in [2.24, 2.45) is 5.92 Å². The third-order valence-corrected chi connectivity index (χ3v) is 3.11. The fraction of sp³-hybridized carbons (Fsp3) is 0.333. The summed E-state index contributed by atoms with van der Waals surface area (Å²) in [4.78, 5) is 23.0. The Morgan fingerprint density at radius 2 is 1.62 bits per heavy atom. The largest absolute Gasteiger partial charge is 0.468 e. The summed E-state index contributed by atoms with van der Waals surface area (Å²) < 4.78 is 40.9. The third kappa shape index (κ3) is 5.40. The molecule has 0 atom stereocenters. The molecule has 0 amide bonds. The normalized spacial score (nSPS) is 11.0. The number of methoxy groups -OCH3 is 2. The van der Waals surface area contributed by atoms with Gasteiger partial charge in [-0.1, -0.05) is 12.1 Å². The summed E-state index contributed by atoms with van der Waals surface area (Å²) in [6.45, 7) is 0. The first-order valence-corrected chi connectivity index (χ1v) is 7.20. The molecule has 2 N–H and O–H groups in total. The summed E-state index contributed by atoms with van der Waals surface area (Å²) in [7, 11) is -2.02. The molecule has 0 radical (unpaired) electrons. The highest BCUT2D eigenvalue weighted by atomic mass is 32.2. The zero-order valence-corrected chi connectivity index (χ0v) is 12.2. The maximum Gasteiger partial charge on any atom is 0.357 e. The second-order valence-corrected chi connectivity index (χ2v) is 5.23. The molecule has 9 heteroatoms. The Morgan fingerprint density at radius 1 is 1.14 bits per heavy atom. The minimum absolute atomic E-state index is 0.0471. The minimum atomic E-state index is -4.35. The Hall–Kier alpha value is -2.13. The molecule has 1 rings (SSSR count). The zero-order chi connectivity index (χ0) is 16.0. The summed E-state index contributed by atoms with van der Waals surface area (Å²) in [6, 6.07) is 5.78. The summed E-state index contributed by atoms with van der Waals surface area (Å²) in [5, 5.41) is 0. The van der Waals surface area contributed by atoms with E-state index in [1.165, 1.54) is 24.3 Å². The Labute approximate surface area is 121 Å². The van der Waals surface area contributed by atoms with Crippen molar-refractivity contribution in [2.45, 2.75) is 6.42 Å². The zero-order valence-electron chi connectivity index (χ0n) is 11.4. The van der Waals surface area contributed by atoms with Gasteiger partial charge in [0.05, 0.1) is 19.9 Å². The molecule has 0 saturated heterocycles. The van der Waals surface area contributed by atoms with Crippen molar-refractivity contribution in [2.75, 3.05) is 18.9 Å². The molecule has 0 aliphatic carbocycles. The van der Waals surface area contributed by atoms with Crippen molar-refractivity contribution >= 4 is 27.9 Å². The van der Waals surface area contributed by atoms with Gasteiger partial charge in [-0.15, -0.1) is 0 Å². The van der Waals surface area contributed by atoms with E-state index in [-0.39, 0.29) is 12.1 Å². The van der Waals surface area contributed by atoms with E-state index in [1.54, 1.807) is 0 Å². The number of carbonyl (C=O) groups excluding carboxylic acids is 2. The number of benzene rings is 1. The van der Waals surface area contributed by atoms with Crippen molar-refractivity contribution in [3.05, 3.63) is 29.8 Å². The molecular formula is C12H15NO7S. The van der Waals surface area contributed by atoms with Crippen LogP contribution in [-0.4, -0.2) is 39.1 Å². The molecule has 0 heterocycles. The SMILES string of the molecule is COC(=O)C(Cc1ccc(NS(=O)(=O)O)cc1)C(=O)OC. The first-order chi connectivity index (χ1) is 9.76. The minimum Gasteiger partial charge on any atom is -0.468 e. The van der Waals surface area contributed by atoms with Gasteiger partial charge in [-0.25, -0.2) is 0 Å². The fourth-order valence-electron chi connectivity index (χ4n) is 1.64. The van der Waals surface area contributed by atoms with E-state index in [0.717, 1.165) is 14.2 Å². The van der Waals surface area contributed by atoms with E-state index in [0.29, 0.717) is 5.56 Å². The van der Waals surface area contributed by atoms with Crippen LogP contribution in [0, 0.1) is 5.92 Å². The Morgan fingerprint density at radius 3 is 2.00 bits per heavy atom. The molecule has 0 aliphatic rings. The van der Waals surface area contributed by atoms with Crippen molar-refractivity contribution in [3.8, 4) is 0 Å². The number of hydrogen-bond donors (Lipinski definition) is 2. The molecule has 1 aromatic carbocycles. The summed E-state index contributed by atoms with van der Waals surface area (Å²) in [5.41, 5.74) is 0.741. The maximum atomic E-state index is 11.5. The number of hydrogen-bond acceptors (Lipinski definition) is 6. The van der Waals surface area contributed by atoms with Crippen LogP contribution in [0.4, 0.5) is 5.69 Å². The number of rotatable bonds is 6. The molecule has 0 unspecified atom stereocenters. The van der Waals surface area contributed by atoms with Gasteiger partial charge in [-0.3, -0.25) is 18.9 Å². The molecule has 1 aromatic rings. The van der Waals surface area contributed by atoms with Gasteiger partial charge < -0.3 is 9.47 Å². The van der Waals surface area contributed by atoms with E-state index >= 15 is 0 Å². The standard InChI is InChI=1S/C12H15NO7S/c1-19-11(14)10(12(15)20-2)7-8-3-5-9(6-4-8)13-21(16,17)18/h3-6,10,13H,7H2,1-2H3,(H,16,17,18). The second-order valence-electron chi connectivity index (χ2n) is 4.08. The number of esters is 2. The number of anilines is 1. The molecule has 0 fully saturated rings. The van der Waals surface area contributed by atoms with Gasteiger partial charge >= 0.3 is 22.2 Å². The average Bonchev–Trinajstić information content (AvgIpc) is 2.43. The van der Waals surface area contributed by atoms with Crippen LogP contribution < -0.4 is 4.72 Å². The van der Waals surface area contributed by atoms with Crippen LogP contribution in [0.1, 0.15) is 5.56 Å². The van der Waals surface area contributed by atoms with Gasteiger partial charge in [0, 0.05) is 0 Å². The van der Waals surface area contributed by atoms with Crippen molar-refractivity contribution in [3.63, 3.8) is 0 Å². The van der Waals surface area contributed by atoms with Gasteiger partial charge in [0.15, 0.2) is 5.92 Å². The lowest BCUT2D eigenvalue weighted by molar-refractivity contribution is -0.158. The molecule has 116 valence electrons. The molecule has 0 spiro atoms. The van der Waals surface area contributed by atoms with Crippen LogP contribution in [0.3, 0.4) is 0 Å². The molecule has 0 saturated carbocycles. The quantitative estimate of drug-likeness (QED) is 0.443. The maximum absolute atomic E-state index is 11.5. The predicted octanol–water partition coefficient (Wildman–Crippen LogP) is 0.406. The second kappa shape index (κ2) is 7.04. The molecule has 21 heavy (non-hydrogen) atoms. The van der Waals surface area contributed by atoms with Crippen LogP contribution in [0.25, 0.3) is 0 Å². The lowest BCUT2D eigenvalue weighted by atomic mass is 9.99. The lowest BCUT2D eigenvalue weighted by Crippen LogP contribution is -2.28. The highest BCUT2D eigenvalue weighted by Gasteiger charge is 2.28. The van der Waals surface area contributed by atoms with Gasteiger partial charge in [0.25, 0.3) is 0 Å². The molecule has 8 nitrogen and oxygen atoms in total. The van der Waals surface area contributed by atoms with E-state index in [4.69, 9.17) is 4.55 Å². The summed E-state index contributed by atoms with van der Waals surface area (Å²) in [6.07, 6.45) is 0.0471. The van der Waals surface area contributed by atoms with Crippen molar-refractivity contribution in [1.29, 1.82) is 0 Å². The number of carbonyl (C=O) groups is 2. The third-order valence-electron chi connectivity index (χ3n) is 2.61. The Balaban J connectivity index is 2.86. The summed E-state index contributed by atoms with van der Waals surface area (Å²) in [5.74, 6) is -2.54. The molecule has 0 bridgehead atoms.